The van der Waals surface area contributed by atoms with Crippen LogP contribution in [-0.2, 0) is 4.74 Å². The van der Waals surface area contributed by atoms with Crippen molar-refractivity contribution in [3.63, 3.8) is 0 Å². The van der Waals surface area contributed by atoms with Gasteiger partial charge >= 0.3 is 0 Å². The van der Waals surface area contributed by atoms with E-state index in [1.54, 1.807) is 0 Å². The summed E-state index contributed by atoms with van der Waals surface area (Å²) >= 11 is 5.58. The Morgan fingerprint density at radius 3 is 2.94 bits per heavy atom. The number of nitrogens with zero attached hydrogens (tertiary/aromatic N) is 1. The Bertz CT molecular complexity index is 334. The lowest BCUT2D eigenvalue weighted by atomic mass is 10.2. The van der Waals surface area contributed by atoms with Gasteiger partial charge in [0.1, 0.15) is 0 Å². The zero-order valence-corrected chi connectivity index (χ0v) is 10.2. The molecule has 0 radical (unpaired) electrons. The van der Waals surface area contributed by atoms with Crippen LogP contribution in [0.4, 0.5) is 10.2 Å². The molecule has 5 heteroatoms. The van der Waals surface area contributed by atoms with Gasteiger partial charge in [-0.15, -0.1) is 0 Å². The summed E-state index contributed by atoms with van der Waals surface area (Å²) in [6.45, 7) is 5.92. The number of ether oxygens (including phenoxy) is 1. The minimum atomic E-state index is -0.448. The predicted octanol–water partition coefficient (Wildman–Crippen LogP) is 2.96. The van der Waals surface area contributed by atoms with E-state index in [0.29, 0.717) is 30.7 Å². The maximum Gasteiger partial charge on any atom is 0.166 e. The molecule has 1 aromatic rings. The third-order valence-corrected chi connectivity index (χ3v) is 2.00. The maximum atomic E-state index is 13.2. The average Bonchev–Trinajstić information content (AvgIpc) is 2.20. The molecule has 0 aliphatic rings. The lowest BCUT2D eigenvalue weighted by Gasteiger charge is -2.08. The Morgan fingerprint density at radius 1 is 1.56 bits per heavy atom. The standard InChI is InChI=1S/C11H16ClFN2O/c1-8(2)7-16-4-3-14-11-10(13)5-9(12)6-15-11/h5-6,8H,3-4,7H2,1-2H3,(H,14,15). The van der Waals surface area contributed by atoms with Crippen LogP contribution in [0.2, 0.25) is 5.02 Å². The second-order valence-corrected chi connectivity index (χ2v) is 4.32. The Labute approximate surface area is 100.0 Å². The van der Waals surface area contributed by atoms with E-state index in [2.05, 4.69) is 24.1 Å². The zero-order chi connectivity index (χ0) is 12.0. The molecule has 0 unspecified atom stereocenters. The lowest BCUT2D eigenvalue weighted by molar-refractivity contribution is 0.118. The Hall–Kier alpha value is -0.870. The van der Waals surface area contributed by atoms with Crippen molar-refractivity contribution >= 4 is 17.4 Å². The summed E-state index contributed by atoms with van der Waals surface area (Å²) in [7, 11) is 0. The number of rotatable bonds is 6. The van der Waals surface area contributed by atoms with Gasteiger partial charge in [0.15, 0.2) is 11.6 Å². The molecule has 3 nitrogen and oxygen atoms in total. The third kappa shape index (κ3) is 4.77. The highest BCUT2D eigenvalue weighted by atomic mass is 35.5. The zero-order valence-electron chi connectivity index (χ0n) is 9.46. The molecule has 1 N–H and O–H groups in total. The number of nitrogens with one attached hydrogen (secondary N) is 1. The van der Waals surface area contributed by atoms with Gasteiger partial charge in [0.05, 0.1) is 11.6 Å². The molecule has 1 rings (SSSR count). The monoisotopic (exact) mass is 246 g/mol. The second-order valence-electron chi connectivity index (χ2n) is 3.88. The van der Waals surface area contributed by atoms with E-state index in [1.807, 2.05) is 0 Å². The van der Waals surface area contributed by atoms with E-state index in [9.17, 15) is 4.39 Å². The first kappa shape index (κ1) is 13.2. The van der Waals surface area contributed by atoms with Gasteiger partial charge in [-0.2, -0.15) is 0 Å². The van der Waals surface area contributed by atoms with Crippen molar-refractivity contribution in [2.75, 3.05) is 25.1 Å². The largest absolute Gasteiger partial charge is 0.379 e. The minimum Gasteiger partial charge on any atom is -0.379 e. The molecule has 0 saturated carbocycles. The molecule has 0 fully saturated rings. The highest BCUT2D eigenvalue weighted by molar-refractivity contribution is 6.30. The normalized spacial score (nSPS) is 10.8. The van der Waals surface area contributed by atoms with E-state index in [-0.39, 0.29) is 5.82 Å². The molecule has 0 amide bonds. The molecule has 0 atom stereocenters. The number of hydrogen-bond acceptors (Lipinski definition) is 3. The molecule has 0 aliphatic heterocycles. The SMILES string of the molecule is CC(C)COCCNc1ncc(Cl)cc1F. The molecule has 1 heterocycles. The number of anilines is 1. The van der Waals surface area contributed by atoms with Gasteiger partial charge in [0.2, 0.25) is 0 Å². The first-order chi connectivity index (χ1) is 7.59. The topological polar surface area (TPSA) is 34.1 Å². The molecule has 16 heavy (non-hydrogen) atoms. The lowest BCUT2D eigenvalue weighted by Crippen LogP contribution is -2.13. The van der Waals surface area contributed by atoms with Crippen molar-refractivity contribution in [1.29, 1.82) is 0 Å². The number of hydrogen-bond donors (Lipinski definition) is 1. The van der Waals surface area contributed by atoms with Crippen LogP contribution < -0.4 is 5.32 Å². The average molecular weight is 247 g/mol. The van der Waals surface area contributed by atoms with Crippen molar-refractivity contribution in [3.05, 3.63) is 23.1 Å². The van der Waals surface area contributed by atoms with Crippen molar-refractivity contribution in [1.82, 2.24) is 4.98 Å². The third-order valence-electron chi connectivity index (χ3n) is 1.80. The van der Waals surface area contributed by atoms with Gasteiger partial charge in [-0.1, -0.05) is 25.4 Å². The molecule has 1 aromatic heterocycles. The van der Waals surface area contributed by atoms with Crippen LogP contribution in [0.15, 0.2) is 12.3 Å². The van der Waals surface area contributed by atoms with Crippen LogP contribution in [0, 0.1) is 11.7 Å². The molecule has 0 aliphatic carbocycles. The highest BCUT2D eigenvalue weighted by Crippen LogP contribution is 2.14. The maximum absolute atomic E-state index is 13.2. The van der Waals surface area contributed by atoms with Crippen LogP contribution in [0.1, 0.15) is 13.8 Å². The summed E-state index contributed by atoms with van der Waals surface area (Å²) in [5.74, 6) is 0.263. The summed E-state index contributed by atoms with van der Waals surface area (Å²) in [6, 6.07) is 1.23. The van der Waals surface area contributed by atoms with Gasteiger partial charge in [-0.05, 0) is 12.0 Å². The van der Waals surface area contributed by atoms with Crippen LogP contribution in [0.5, 0.6) is 0 Å². The quantitative estimate of drug-likeness (QED) is 0.784. The van der Waals surface area contributed by atoms with Crippen molar-refractivity contribution in [2.45, 2.75) is 13.8 Å². The Morgan fingerprint density at radius 2 is 2.31 bits per heavy atom. The first-order valence-corrected chi connectivity index (χ1v) is 5.60. The Balaban J connectivity index is 2.27. The van der Waals surface area contributed by atoms with Gasteiger partial charge < -0.3 is 10.1 Å². The fourth-order valence-electron chi connectivity index (χ4n) is 1.11. The van der Waals surface area contributed by atoms with E-state index in [4.69, 9.17) is 16.3 Å². The molecule has 0 spiro atoms. The number of halogens is 2. The summed E-state index contributed by atoms with van der Waals surface area (Å²) in [5.41, 5.74) is 0. The molecule has 0 aromatic carbocycles. The van der Waals surface area contributed by atoms with Gasteiger partial charge in [0.25, 0.3) is 0 Å². The van der Waals surface area contributed by atoms with Crippen LogP contribution in [-0.4, -0.2) is 24.7 Å². The van der Waals surface area contributed by atoms with Gasteiger partial charge in [-0.25, -0.2) is 9.37 Å². The summed E-state index contributed by atoms with van der Waals surface area (Å²) in [4.78, 5) is 3.84. The second kappa shape index (κ2) is 6.66. The van der Waals surface area contributed by atoms with Gasteiger partial charge in [0, 0.05) is 19.3 Å². The van der Waals surface area contributed by atoms with Gasteiger partial charge in [-0.3, -0.25) is 0 Å². The number of pyridine rings is 1. The molecule has 90 valence electrons. The highest BCUT2D eigenvalue weighted by Gasteiger charge is 2.03. The smallest absolute Gasteiger partial charge is 0.166 e. The Kier molecular flexibility index (Phi) is 5.49. The van der Waals surface area contributed by atoms with Crippen LogP contribution in [0.25, 0.3) is 0 Å². The summed E-state index contributed by atoms with van der Waals surface area (Å²) in [6.07, 6.45) is 1.40. The summed E-state index contributed by atoms with van der Waals surface area (Å²) < 4.78 is 18.6. The molecular formula is C11H16ClFN2O. The molecular weight excluding hydrogens is 231 g/mol. The van der Waals surface area contributed by atoms with E-state index in [0.717, 1.165) is 0 Å². The fraction of sp³-hybridized carbons (Fsp3) is 0.545. The van der Waals surface area contributed by atoms with Crippen LogP contribution in [0.3, 0.4) is 0 Å². The van der Waals surface area contributed by atoms with E-state index < -0.39 is 5.82 Å². The van der Waals surface area contributed by atoms with E-state index in [1.165, 1.54) is 12.3 Å². The van der Waals surface area contributed by atoms with Crippen LogP contribution >= 0.6 is 11.6 Å². The van der Waals surface area contributed by atoms with E-state index >= 15 is 0 Å². The number of aromatic nitrogens is 1. The minimum absolute atomic E-state index is 0.206. The van der Waals surface area contributed by atoms with Crippen molar-refractivity contribution in [2.24, 2.45) is 5.92 Å². The predicted molar refractivity (Wildman–Crippen MR) is 63.4 cm³/mol. The molecule has 0 bridgehead atoms. The van der Waals surface area contributed by atoms with Crippen molar-refractivity contribution in [3.8, 4) is 0 Å². The summed E-state index contributed by atoms with van der Waals surface area (Å²) in [5, 5.41) is 3.13. The first-order valence-electron chi connectivity index (χ1n) is 5.22. The van der Waals surface area contributed by atoms with Crippen molar-refractivity contribution < 1.29 is 9.13 Å². The molecule has 0 saturated heterocycles. The fourth-order valence-corrected chi connectivity index (χ4v) is 1.25.